The molecule has 0 aromatic carbocycles. The third kappa shape index (κ3) is 3.94. The molecule has 0 unspecified atom stereocenters. The Kier molecular flexibility index (Phi) is 5.32. The molecule has 3 fully saturated rings. The van der Waals surface area contributed by atoms with Crippen molar-refractivity contribution < 1.29 is 22.7 Å². The summed E-state index contributed by atoms with van der Waals surface area (Å²) in [5.74, 6) is 0.207. The van der Waals surface area contributed by atoms with Gasteiger partial charge in [-0.2, -0.15) is 13.2 Å². The molecule has 166 valence electrons. The van der Waals surface area contributed by atoms with E-state index in [0.29, 0.717) is 17.8 Å². The lowest BCUT2D eigenvalue weighted by molar-refractivity contribution is -0.137. The number of halogens is 3. The van der Waals surface area contributed by atoms with E-state index in [2.05, 4.69) is 15.0 Å². The molecule has 6 nitrogen and oxygen atoms in total. The Balaban J connectivity index is 1.37. The third-order valence-corrected chi connectivity index (χ3v) is 6.80. The molecule has 3 aromatic heterocycles. The number of piperidine rings is 2. The van der Waals surface area contributed by atoms with E-state index in [1.807, 2.05) is 11.4 Å². The molecular formula is C22H19F3N4O2S. The molecule has 2 bridgehead atoms. The third-order valence-electron chi connectivity index (χ3n) is 5.99. The normalized spacial score (nSPS) is 22.7. The molecule has 0 N–H and O–H groups in total. The highest BCUT2D eigenvalue weighted by atomic mass is 32.1. The van der Waals surface area contributed by atoms with Gasteiger partial charge in [0.05, 0.1) is 11.6 Å². The van der Waals surface area contributed by atoms with E-state index in [4.69, 9.17) is 4.74 Å². The second-order valence-electron chi connectivity index (χ2n) is 7.98. The van der Waals surface area contributed by atoms with Crippen molar-refractivity contribution in [3.63, 3.8) is 0 Å². The summed E-state index contributed by atoms with van der Waals surface area (Å²) in [5, 5.41) is 2.57. The van der Waals surface area contributed by atoms with Crippen LogP contribution >= 0.6 is 11.3 Å². The Labute approximate surface area is 186 Å². The molecule has 3 aromatic rings. The average Bonchev–Trinajstić information content (AvgIpc) is 3.33. The molecule has 5 heterocycles. The monoisotopic (exact) mass is 460 g/mol. The standard InChI is InChI=1S/C22H19F3N4O2S/c23-22(24,25)14-4-6-18(28-11-14)31-17-10-13-3-5-16(17)29(12-13)21(30)19-15(2-1-7-26-19)20-27-8-9-32-20/h1-2,4,6-9,11,13,16-17H,3,5,10,12H2/t13-,16-,17+/m0/s1. The van der Waals surface area contributed by atoms with E-state index < -0.39 is 11.7 Å². The maximum Gasteiger partial charge on any atom is 0.417 e. The van der Waals surface area contributed by atoms with Crippen molar-refractivity contribution >= 4 is 17.2 Å². The molecule has 3 atom stereocenters. The molecule has 2 aliphatic heterocycles. The fourth-order valence-corrected chi connectivity index (χ4v) is 5.17. The number of aromatic nitrogens is 3. The first-order valence-electron chi connectivity index (χ1n) is 10.3. The van der Waals surface area contributed by atoms with Gasteiger partial charge in [0.25, 0.3) is 5.91 Å². The molecule has 10 heteroatoms. The lowest BCUT2D eigenvalue weighted by Gasteiger charge is -2.49. The molecule has 6 rings (SSSR count). The topological polar surface area (TPSA) is 68.2 Å². The van der Waals surface area contributed by atoms with Crippen molar-refractivity contribution in [2.24, 2.45) is 5.92 Å². The predicted octanol–water partition coefficient (Wildman–Crippen LogP) is 4.69. The van der Waals surface area contributed by atoms with E-state index in [-0.39, 0.29) is 29.9 Å². The van der Waals surface area contributed by atoms with Crippen LogP contribution in [-0.4, -0.2) is 44.4 Å². The molecule has 32 heavy (non-hydrogen) atoms. The van der Waals surface area contributed by atoms with Crippen LogP contribution in [0.5, 0.6) is 5.88 Å². The first-order chi connectivity index (χ1) is 15.4. The first-order valence-corrected chi connectivity index (χ1v) is 11.1. The summed E-state index contributed by atoms with van der Waals surface area (Å²) in [6.07, 6.45) is 1.75. The Bertz CT molecular complexity index is 1110. The summed E-state index contributed by atoms with van der Waals surface area (Å²) >= 11 is 1.44. The average molecular weight is 460 g/mol. The quantitative estimate of drug-likeness (QED) is 0.565. The van der Waals surface area contributed by atoms with Crippen molar-refractivity contribution in [1.82, 2.24) is 19.9 Å². The van der Waals surface area contributed by atoms with Crippen molar-refractivity contribution in [2.45, 2.75) is 37.6 Å². The highest BCUT2D eigenvalue weighted by Crippen LogP contribution is 2.39. The Morgan fingerprint density at radius 1 is 1.12 bits per heavy atom. The predicted molar refractivity (Wildman–Crippen MR) is 111 cm³/mol. The van der Waals surface area contributed by atoms with Crippen LogP contribution in [0.1, 0.15) is 35.3 Å². The van der Waals surface area contributed by atoms with Gasteiger partial charge < -0.3 is 9.64 Å². The van der Waals surface area contributed by atoms with Crippen molar-refractivity contribution in [3.05, 3.63) is 59.5 Å². The number of hydrogen-bond acceptors (Lipinski definition) is 6. The largest absolute Gasteiger partial charge is 0.472 e. The number of hydrogen-bond donors (Lipinski definition) is 0. The van der Waals surface area contributed by atoms with Crippen LogP contribution in [-0.2, 0) is 6.18 Å². The lowest BCUT2D eigenvalue weighted by Crippen LogP contribution is -2.59. The number of rotatable bonds is 4. The van der Waals surface area contributed by atoms with Crippen molar-refractivity contribution in [2.75, 3.05) is 6.54 Å². The minimum Gasteiger partial charge on any atom is -0.472 e. The van der Waals surface area contributed by atoms with Crippen LogP contribution in [0.15, 0.2) is 48.2 Å². The summed E-state index contributed by atoms with van der Waals surface area (Å²) in [5.41, 5.74) is 0.217. The Morgan fingerprint density at radius 3 is 2.69 bits per heavy atom. The van der Waals surface area contributed by atoms with Gasteiger partial charge in [-0.05, 0) is 43.4 Å². The number of ether oxygens (including phenoxy) is 1. The van der Waals surface area contributed by atoms with Gasteiger partial charge in [0.2, 0.25) is 5.88 Å². The minimum atomic E-state index is -4.45. The van der Waals surface area contributed by atoms with Crippen LogP contribution < -0.4 is 4.74 Å². The van der Waals surface area contributed by atoms with Gasteiger partial charge in [0.15, 0.2) is 0 Å². The summed E-state index contributed by atoms with van der Waals surface area (Å²) in [4.78, 5) is 27.8. The van der Waals surface area contributed by atoms with Crippen LogP contribution in [0.3, 0.4) is 0 Å². The van der Waals surface area contributed by atoms with Gasteiger partial charge in [0.1, 0.15) is 16.8 Å². The van der Waals surface area contributed by atoms with Crippen LogP contribution in [0, 0.1) is 5.92 Å². The zero-order valence-corrected chi connectivity index (χ0v) is 17.6. The summed E-state index contributed by atoms with van der Waals surface area (Å²) < 4.78 is 44.4. The number of carbonyl (C=O) groups is 1. The number of carbonyl (C=O) groups excluding carboxylic acids is 1. The van der Waals surface area contributed by atoms with E-state index in [1.165, 1.54) is 17.4 Å². The molecule has 1 aliphatic carbocycles. The molecular weight excluding hydrogens is 441 g/mol. The van der Waals surface area contributed by atoms with E-state index in [0.717, 1.165) is 36.5 Å². The number of fused-ring (bicyclic) bond motifs is 3. The number of alkyl halides is 3. The highest BCUT2D eigenvalue weighted by Gasteiger charge is 2.45. The zero-order chi connectivity index (χ0) is 22.3. The molecule has 1 amide bonds. The summed E-state index contributed by atoms with van der Waals surface area (Å²) in [6.45, 7) is 0.609. The fraction of sp³-hybridized carbons (Fsp3) is 0.364. The van der Waals surface area contributed by atoms with Gasteiger partial charge in [-0.25, -0.2) is 9.97 Å². The molecule has 2 saturated heterocycles. The maximum atomic E-state index is 13.5. The Morgan fingerprint density at radius 2 is 2.00 bits per heavy atom. The highest BCUT2D eigenvalue weighted by molar-refractivity contribution is 7.13. The van der Waals surface area contributed by atoms with Gasteiger partial charge in [-0.3, -0.25) is 9.78 Å². The van der Waals surface area contributed by atoms with Crippen LogP contribution in [0.25, 0.3) is 10.6 Å². The molecule has 3 aliphatic rings. The number of pyridine rings is 2. The molecule has 0 radical (unpaired) electrons. The van der Waals surface area contributed by atoms with Crippen LogP contribution in [0.4, 0.5) is 13.2 Å². The Hall–Kier alpha value is -3.01. The number of amides is 1. The molecule has 1 saturated carbocycles. The van der Waals surface area contributed by atoms with E-state index in [9.17, 15) is 18.0 Å². The zero-order valence-electron chi connectivity index (χ0n) is 16.8. The SMILES string of the molecule is O=C(c1ncccc1-c1nccs1)N1C[C@H]2CC[C@H]1[C@H](Oc1ccc(C(F)(F)F)cn1)C2. The van der Waals surface area contributed by atoms with Crippen molar-refractivity contribution in [1.29, 1.82) is 0 Å². The van der Waals surface area contributed by atoms with Gasteiger partial charge in [0, 0.05) is 42.1 Å². The van der Waals surface area contributed by atoms with Gasteiger partial charge >= 0.3 is 6.18 Å². The van der Waals surface area contributed by atoms with E-state index in [1.54, 1.807) is 23.4 Å². The van der Waals surface area contributed by atoms with E-state index >= 15 is 0 Å². The minimum absolute atomic E-state index is 0.129. The van der Waals surface area contributed by atoms with Crippen LogP contribution in [0.2, 0.25) is 0 Å². The number of thiazole rings is 1. The first kappa shape index (κ1) is 20.9. The fourth-order valence-electron chi connectivity index (χ4n) is 4.51. The van der Waals surface area contributed by atoms with Gasteiger partial charge in [-0.15, -0.1) is 11.3 Å². The summed E-state index contributed by atoms with van der Waals surface area (Å²) in [7, 11) is 0. The lowest BCUT2D eigenvalue weighted by atomic mass is 9.77. The van der Waals surface area contributed by atoms with Gasteiger partial charge in [-0.1, -0.05) is 0 Å². The summed E-state index contributed by atoms with van der Waals surface area (Å²) in [6, 6.07) is 5.61. The number of nitrogens with zero attached hydrogens (tertiary/aromatic N) is 4. The second-order valence-corrected chi connectivity index (χ2v) is 8.87. The smallest absolute Gasteiger partial charge is 0.417 e. The molecule has 0 spiro atoms. The van der Waals surface area contributed by atoms with Crippen molar-refractivity contribution in [3.8, 4) is 16.5 Å². The second kappa shape index (κ2) is 8.16. The maximum absolute atomic E-state index is 13.5.